The Morgan fingerprint density at radius 2 is 0.952 bits per heavy atom. The molecule has 3 heteroatoms. The van der Waals surface area contributed by atoms with Crippen LogP contribution in [-0.2, 0) is 0 Å². The second-order valence-corrected chi connectivity index (χ2v) is 12.0. The normalized spacial score (nSPS) is 12.0. The Kier molecular flexibility index (Phi) is 5.00. The average molecular weight is 602 g/mol. The predicted octanol–water partition coefficient (Wildman–Crippen LogP) is 11.3. The van der Waals surface area contributed by atoms with Crippen molar-refractivity contribution < 1.29 is 0 Å². The molecular weight excluding hydrogens is 576 g/mol. The molecule has 0 N–H and O–H groups in total. The van der Waals surface area contributed by atoms with E-state index in [2.05, 4.69) is 165 Å². The molecule has 0 saturated carbocycles. The average Bonchev–Trinajstić information content (AvgIpc) is 3.53. The van der Waals surface area contributed by atoms with Crippen LogP contribution < -0.4 is 0 Å². The summed E-state index contributed by atoms with van der Waals surface area (Å²) in [5, 5.41) is 10.1. The Bertz CT molecular complexity index is 2490. The minimum Gasteiger partial charge on any atom is -0.308 e. The van der Waals surface area contributed by atoms with Gasteiger partial charge in [-0.1, -0.05) is 91.0 Å². The second-order valence-electron chi connectivity index (χ2n) is 11.2. The maximum atomic E-state index is 4.16. The first-order valence-corrected chi connectivity index (χ1v) is 15.1. The van der Waals surface area contributed by atoms with Crippen molar-refractivity contribution in [2.24, 2.45) is 0 Å². The Morgan fingerprint density at radius 1 is 0.429 bits per heavy atom. The summed E-state index contributed by atoms with van der Waals surface area (Å²) in [4.78, 5) is 0. The van der Waals surface area contributed by atoms with Gasteiger partial charge in [-0.25, -0.2) is 0 Å². The summed E-state index contributed by atoms with van der Waals surface area (Å²) in [7, 11) is 0. The van der Waals surface area contributed by atoms with Crippen molar-refractivity contribution in [2.75, 3.05) is 0 Å². The molecule has 2 aromatic heterocycles. The SMILES string of the molecule is Cc1cc(-n2c3ccccc3c3ccccc32)c(Br)c(-n2c3cc4ccccc4cc3c3c4ccccc4ccc32)c1. The highest BCUT2D eigenvalue weighted by Gasteiger charge is 2.21. The van der Waals surface area contributed by atoms with E-state index in [1.807, 2.05) is 0 Å². The van der Waals surface area contributed by atoms with Crippen LogP contribution in [0.1, 0.15) is 5.56 Å². The molecule has 0 amide bonds. The van der Waals surface area contributed by atoms with Crippen molar-refractivity contribution in [3.63, 3.8) is 0 Å². The van der Waals surface area contributed by atoms with E-state index in [0.717, 1.165) is 15.8 Å². The molecule has 9 rings (SSSR count). The van der Waals surface area contributed by atoms with Gasteiger partial charge in [0.25, 0.3) is 0 Å². The van der Waals surface area contributed by atoms with Gasteiger partial charge in [-0.2, -0.15) is 0 Å². The topological polar surface area (TPSA) is 9.86 Å². The zero-order chi connectivity index (χ0) is 27.9. The first-order valence-electron chi connectivity index (χ1n) is 14.3. The molecule has 198 valence electrons. The summed E-state index contributed by atoms with van der Waals surface area (Å²) >= 11 is 4.16. The predicted molar refractivity (Wildman–Crippen MR) is 183 cm³/mol. The van der Waals surface area contributed by atoms with Gasteiger partial charge in [0.15, 0.2) is 0 Å². The molecule has 0 aliphatic rings. The van der Waals surface area contributed by atoms with Crippen molar-refractivity contribution in [2.45, 2.75) is 6.92 Å². The molecular formula is C39H25BrN2. The molecule has 0 radical (unpaired) electrons. The van der Waals surface area contributed by atoms with E-state index < -0.39 is 0 Å². The van der Waals surface area contributed by atoms with Crippen molar-refractivity contribution in [1.29, 1.82) is 0 Å². The van der Waals surface area contributed by atoms with E-state index in [9.17, 15) is 0 Å². The summed E-state index contributed by atoms with van der Waals surface area (Å²) < 4.78 is 5.93. The van der Waals surface area contributed by atoms with Crippen LogP contribution in [0.4, 0.5) is 0 Å². The molecule has 9 aromatic rings. The van der Waals surface area contributed by atoms with Gasteiger partial charge in [0.05, 0.1) is 37.9 Å². The summed E-state index contributed by atoms with van der Waals surface area (Å²) in [6.07, 6.45) is 0. The number of nitrogens with zero attached hydrogens (tertiary/aromatic N) is 2. The van der Waals surface area contributed by atoms with Gasteiger partial charge in [0.2, 0.25) is 0 Å². The molecule has 42 heavy (non-hydrogen) atoms. The van der Waals surface area contributed by atoms with Gasteiger partial charge in [-0.15, -0.1) is 0 Å². The number of para-hydroxylation sites is 2. The lowest BCUT2D eigenvalue weighted by molar-refractivity contribution is 1.11. The standard InChI is InChI=1S/C39H25BrN2/c1-24-20-36(41-32-16-8-6-14-29(32)30-15-7-9-17-33(30)41)39(40)37(21-24)42-34-19-18-25-10-4-5-13-28(25)38(34)31-22-26-11-2-3-12-27(26)23-35(31)42/h2-23H,1H3. The number of halogens is 1. The minimum absolute atomic E-state index is 1.07. The fourth-order valence-electron chi connectivity index (χ4n) is 6.97. The van der Waals surface area contributed by atoms with E-state index in [4.69, 9.17) is 0 Å². The van der Waals surface area contributed by atoms with Crippen LogP contribution in [0, 0.1) is 6.92 Å². The Morgan fingerprint density at radius 3 is 1.62 bits per heavy atom. The zero-order valence-corrected chi connectivity index (χ0v) is 24.6. The molecule has 2 nitrogen and oxygen atoms in total. The highest BCUT2D eigenvalue weighted by atomic mass is 79.9. The molecule has 0 unspecified atom stereocenters. The van der Waals surface area contributed by atoms with Crippen LogP contribution in [0.3, 0.4) is 0 Å². The van der Waals surface area contributed by atoms with Gasteiger partial charge in [0, 0.05) is 21.5 Å². The summed E-state index contributed by atoms with van der Waals surface area (Å²) in [5.74, 6) is 0. The van der Waals surface area contributed by atoms with Crippen molar-refractivity contribution in [3.8, 4) is 11.4 Å². The molecule has 0 bridgehead atoms. The van der Waals surface area contributed by atoms with Gasteiger partial charge < -0.3 is 9.13 Å². The number of hydrogen-bond donors (Lipinski definition) is 0. The Balaban J connectivity index is 1.45. The molecule has 0 atom stereocenters. The fourth-order valence-corrected chi connectivity index (χ4v) is 7.55. The summed E-state index contributed by atoms with van der Waals surface area (Å²) in [6, 6.07) is 48.7. The van der Waals surface area contributed by atoms with E-state index in [1.165, 1.54) is 70.7 Å². The van der Waals surface area contributed by atoms with Crippen molar-refractivity contribution in [1.82, 2.24) is 9.13 Å². The highest BCUT2D eigenvalue weighted by Crippen LogP contribution is 2.43. The van der Waals surface area contributed by atoms with Crippen LogP contribution in [0.2, 0.25) is 0 Å². The van der Waals surface area contributed by atoms with Gasteiger partial charge in [-0.3, -0.25) is 0 Å². The maximum Gasteiger partial charge on any atom is 0.0657 e. The molecule has 0 aliphatic heterocycles. The first-order chi connectivity index (χ1) is 20.7. The van der Waals surface area contributed by atoms with E-state index in [-0.39, 0.29) is 0 Å². The largest absolute Gasteiger partial charge is 0.308 e. The second kappa shape index (κ2) is 8.82. The maximum absolute atomic E-state index is 4.16. The minimum atomic E-state index is 1.07. The lowest BCUT2D eigenvalue weighted by atomic mass is 10.0. The molecule has 0 saturated heterocycles. The van der Waals surface area contributed by atoms with Gasteiger partial charge >= 0.3 is 0 Å². The van der Waals surface area contributed by atoms with Crippen LogP contribution in [0.25, 0.3) is 76.5 Å². The smallest absolute Gasteiger partial charge is 0.0657 e. The van der Waals surface area contributed by atoms with Crippen LogP contribution in [0.15, 0.2) is 138 Å². The first kappa shape index (κ1) is 23.8. The molecule has 0 fully saturated rings. The summed E-state index contributed by atoms with van der Waals surface area (Å²) in [5.41, 5.74) is 8.31. The third kappa shape index (κ3) is 3.26. The zero-order valence-electron chi connectivity index (χ0n) is 23.0. The number of hydrogen-bond acceptors (Lipinski definition) is 0. The van der Waals surface area contributed by atoms with Crippen LogP contribution in [0.5, 0.6) is 0 Å². The third-order valence-corrected chi connectivity index (χ3v) is 9.58. The number of aryl methyl sites for hydroxylation is 1. The molecule has 0 spiro atoms. The third-order valence-electron chi connectivity index (χ3n) is 8.76. The van der Waals surface area contributed by atoms with E-state index >= 15 is 0 Å². The molecule has 2 heterocycles. The fraction of sp³-hybridized carbons (Fsp3) is 0.0256. The van der Waals surface area contributed by atoms with Crippen LogP contribution in [-0.4, -0.2) is 9.13 Å². The number of aromatic nitrogens is 2. The van der Waals surface area contributed by atoms with Crippen LogP contribution >= 0.6 is 15.9 Å². The lowest BCUT2D eigenvalue weighted by Crippen LogP contribution is -2.02. The number of benzene rings is 7. The number of rotatable bonds is 2. The Labute approximate surface area is 251 Å². The number of fused-ring (bicyclic) bond motifs is 9. The van der Waals surface area contributed by atoms with Gasteiger partial charge in [-0.05, 0) is 92.4 Å². The van der Waals surface area contributed by atoms with E-state index in [1.54, 1.807) is 0 Å². The highest BCUT2D eigenvalue weighted by molar-refractivity contribution is 9.10. The Hall–Kier alpha value is -4.86. The molecule has 7 aromatic carbocycles. The quantitative estimate of drug-likeness (QED) is 0.187. The lowest BCUT2D eigenvalue weighted by Gasteiger charge is -2.17. The summed E-state index contributed by atoms with van der Waals surface area (Å²) in [6.45, 7) is 2.20. The molecule has 0 aliphatic carbocycles. The van der Waals surface area contributed by atoms with Gasteiger partial charge in [0.1, 0.15) is 0 Å². The van der Waals surface area contributed by atoms with Crippen molar-refractivity contribution in [3.05, 3.63) is 143 Å². The van der Waals surface area contributed by atoms with E-state index in [0.29, 0.717) is 0 Å². The monoisotopic (exact) mass is 600 g/mol. The van der Waals surface area contributed by atoms with Crippen molar-refractivity contribution >= 4 is 81.1 Å².